The van der Waals surface area contributed by atoms with Gasteiger partial charge in [0.05, 0.1) is 23.0 Å². The van der Waals surface area contributed by atoms with Crippen molar-refractivity contribution in [2.45, 2.75) is 96.9 Å². The van der Waals surface area contributed by atoms with Gasteiger partial charge in [0.2, 0.25) is 0 Å². The maximum absolute atomic E-state index is 12.8. The molecule has 0 unspecified atom stereocenters. The minimum Gasteiger partial charge on any atom is -0.369 e. The number of rotatable bonds is 6. The zero-order valence-corrected chi connectivity index (χ0v) is 23.7. The molecule has 0 aromatic carbocycles. The number of amides is 1. The van der Waals surface area contributed by atoms with E-state index in [1.165, 1.54) is 16.9 Å². The van der Waals surface area contributed by atoms with Crippen LogP contribution in [0.2, 0.25) is 0 Å². The highest BCUT2D eigenvalue weighted by Crippen LogP contribution is 2.53. The number of nitrogens with zero attached hydrogens (tertiary/aromatic N) is 6. The van der Waals surface area contributed by atoms with Crippen molar-refractivity contribution >= 4 is 22.6 Å². The fourth-order valence-electron chi connectivity index (χ4n) is 6.97. The van der Waals surface area contributed by atoms with Crippen LogP contribution >= 0.6 is 0 Å². The number of aryl methyl sites for hydroxylation is 3. The second-order valence-corrected chi connectivity index (χ2v) is 12.6. The van der Waals surface area contributed by atoms with Crippen LogP contribution in [0.1, 0.15) is 75.0 Å². The summed E-state index contributed by atoms with van der Waals surface area (Å²) < 4.78 is 9.62. The van der Waals surface area contributed by atoms with Crippen molar-refractivity contribution in [3.05, 3.63) is 34.9 Å². The molecule has 2 bridgehead atoms. The molecular formula is C29H41N7O2. The van der Waals surface area contributed by atoms with Crippen LogP contribution in [0.25, 0.3) is 11.0 Å². The molecule has 4 heterocycles. The van der Waals surface area contributed by atoms with E-state index in [0.717, 1.165) is 87.0 Å². The maximum Gasteiger partial charge on any atom is 0.252 e. The van der Waals surface area contributed by atoms with Crippen LogP contribution in [0.15, 0.2) is 12.3 Å². The second kappa shape index (κ2) is 8.79. The lowest BCUT2D eigenvalue weighted by molar-refractivity contribution is -0.144. The third-order valence-electron chi connectivity index (χ3n) is 9.81. The molecule has 38 heavy (non-hydrogen) atoms. The van der Waals surface area contributed by atoms with E-state index in [1.807, 2.05) is 31.8 Å². The summed E-state index contributed by atoms with van der Waals surface area (Å²) in [4.78, 5) is 20.0. The van der Waals surface area contributed by atoms with Gasteiger partial charge < -0.3 is 15.0 Å². The minimum atomic E-state index is -0.794. The number of aromatic nitrogens is 5. The summed E-state index contributed by atoms with van der Waals surface area (Å²) in [6.07, 6.45) is 9.45. The molecule has 1 N–H and O–H groups in total. The summed E-state index contributed by atoms with van der Waals surface area (Å²) in [5.41, 5.74) is 6.49. The summed E-state index contributed by atoms with van der Waals surface area (Å²) in [7, 11) is 3.56. The Bertz CT molecular complexity index is 1380. The van der Waals surface area contributed by atoms with Gasteiger partial charge in [0.15, 0.2) is 5.65 Å². The summed E-state index contributed by atoms with van der Waals surface area (Å²) in [5, 5.41) is 14.0. The summed E-state index contributed by atoms with van der Waals surface area (Å²) in [6, 6.07) is 2.19. The molecule has 204 valence electrons. The van der Waals surface area contributed by atoms with E-state index in [1.54, 1.807) is 7.11 Å². The molecule has 3 fully saturated rings. The first kappa shape index (κ1) is 25.3. The predicted octanol–water partition coefficient (Wildman–Crippen LogP) is 3.98. The molecule has 1 aliphatic heterocycles. The largest absolute Gasteiger partial charge is 0.369 e. The topological polar surface area (TPSA) is 90.1 Å². The molecule has 1 amide bonds. The van der Waals surface area contributed by atoms with Crippen LogP contribution in [-0.2, 0) is 36.1 Å². The highest BCUT2D eigenvalue weighted by atomic mass is 16.5. The van der Waals surface area contributed by atoms with Gasteiger partial charge in [0.1, 0.15) is 5.60 Å². The Labute approximate surface area is 224 Å². The molecule has 3 aromatic rings. The minimum absolute atomic E-state index is 0.00340. The Balaban J connectivity index is 1.18. The summed E-state index contributed by atoms with van der Waals surface area (Å²) in [6.45, 7) is 10.7. The lowest BCUT2D eigenvalue weighted by Gasteiger charge is -2.54. The quantitative estimate of drug-likeness (QED) is 0.530. The zero-order valence-electron chi connectivity index (χ0n) is 23.7. The summed E-state index contributed by atoms with van der Waals surface area (Å²) >= 11 is 0. The number of nitrogens with one attached hydrogen (secondary N) is 1. The van der Waals surface area contributed by atoms with E-state index in [2.05, 4.69) is 39.9 Å². The van der Waals surface area contributed by atoms with Gasteiger partial charge in [0.25, 0.3) is 5.91 Å². The first-order chi connectivity index (χ1) is 18.0. The van der Waals surface area contributed by atoms with Crippen LogP contribution in [0.4, 0.5) is 5.69 Å². The average molecular weight is 520 g/mol. The fraction of sp³-hybridized carbons (Fsp3) is 0.655. The molecule has 0 saturated heterocycles. The first-order valence-electron chi connectivity index (χ1n) is 14.0. The van der Waals surface area contributed by atoms with E-state index < -0.39 is 5.60 Å². The average Bonchev–Trinajstić information content (AvgIpc) is 3.43. The number of carbonyl (C=O) groups is 1. The predicted molar refractivity (Wildman–Crippen MR) is 147 cm³/mol. The van der Waals surface area contributed by atoms with E-state index in [9.17, 15) is 4.79 Å². The molecule has 0 atom stereocenters. The Hall–Kier alpha value is -2.94. The number of hydrogen-bond acceptors (Lipinski definition) is 6. The van der Waals surface area contributed by atoms with Gasteiger partial charge in [-0.25, -0.2) is 4.98 Å². The number of hydrogen-bond donors (Lipinski definition) is 1. The molecule has 9 nitrogen and oxygen atoms in total. The van der Waals surface area contributed by atoms with Crippen molar-refractivity contribution in [3.63, 3.8) is 0 Å². The van der Waals surface area contributed by atoms with Gasteiger partial charge in [-0.15, -0.1) is 0 Å². The Morgan fingerprint density at radius 3 is 2.55 bits per heavy atom. The smallest absolute Gasteiger partial charge is 0.252 e. The second-order valence-electron chi connectivity index (χ2n) is 12.6. The van der Waals surface area contributed by atoms with Crippen LogP contribution in [-0.4, -0.2) is 55.2 Å². The zero-order chi connectivity index (χ0) is 26.9. The molecular weight excluding hydrogens is 478 g/mol. The highest BCUT2D eigenvalue weighted by Gasteiger charge is 2.50. The number of anilines is 1. The van der Waals surface area contributed by atoms with Crippen LogP contribution in [0.3, 0.4) is 0 Å². The van der Waals surface area contributed by atoms with E-state index in [-0.39, 0.29) is 16.9 Å². The van der Waals surface area contributed by atoms with Gasteiger partial charge in [-0.1, -0.05) is 0 Å². The van der Waals surface area contributed by atoms with Crippen molar-refractivity contribution in [3.8, 4) is 0 Å². The van der Waals surface area contributed by atoms with Gasteiger partial charge >= 0.3 is 0 Å². The van der Waals surface area contributed by atoms with Crippen molar-refractivity contribution in [2.24, 2.45) is 12.5 Å². The van der Waals surface area contributed by atoms with Gasteiger partial charge in [-0.2, -0.15) is 10.2 Å². The fourth-order valence-corrected chi connectivity index (χ4v) is 6.97. The van der Waals surface area contributed by atoms with Gasteiger partial charge in [0, 0.05) is 62.7 Å². The lowest BCUT2D eigenvalue weighted by Crippen LogP contribution is -2.60. The first-order valence-corrected chi connectivity index (χ1v) is 14.0. The third-order valence-corrected chi connectivity index (χ3v) is 9.81. The van der Waals surface area contributed by atoms with Gasteiger partial charge in [-0.3, -0.25) is 14.2 Å². The van der Waals surface area contributed by atoms with Crippen molar-refractivity contribution in [1.82, 2.24) is 29.9 Å². The van der Waals surface area contributed by atoms with Crippen molar-refractivity contribution < 1.29 is 9.53 Å². The molecule has 7 rings (SSSR count). The SMILES string of the molecule is COC(C)(C)C(=O)NC12CCC(Cn3nc(C)c4c3CCN(c3cc(C)nc5c3cnn5C)C4)(CC1)CC2. The normalized spacial score (nSPS) is 25.2. The standard InChI is InChI=1S/C29H41N7O2/c1-19-15-24(21-16-30-34(5)25(21)31-19)35-14-7-23-22(17-35)20(2)33-36(23)18-28-8-11-29(12-9-28,13-10-28)32-26(37)27(3,4)38-6/h15-16H,7-14,17-18H2,1-6H3,(H,32,37). The number of methoxy groups -OCH3 is 1. The Kier molecular flexibility index (Phi) is 5.87. The highest BCUT2D eigenvalue weighted by molar-refractivity contribution is 5.89. The molecule has 3 saturated carbocycles. The van der Waals surface area contributed by atoms with E-state index in [0.29, 0.717) is 0 Å². The van der Waals surface area contributed by atoms with Gasteiger partial charge in [-0.05, 0) is 77.7 Å². The third kappa shape index (κ3) is 4.10. The Morgan fingerprint density at radius 1 is 1.16 bits per heavy atom. The van der Waals surface area contributed by atoms with E-state index >= 15 is 0 Å². The number of ether oxygens (including phenoxy) is 1. The molecule has 3 aliphatic carbocycles. The number of pyridine rings is 1. The summed E-state index contributed by atoms with van der Waals surface area (Å²) in [5.74, 6) is 0.00340. The monoisotopic (exact) mass is 519 g/mol. The van der Waals surface area contributed by atoms with Crippen molar-refractivity contribution in [1.29, 1.82) is 0 Å². The Morgan fingerprint density at radius 2 is 1.87 bits per heavy atom. The van der Waals surface area contributed by atoms with Crippen molar-refractivity contribution in [2.75, 3.05) is 18.6 Å². The van der Waals surface area contributed by atoms with Crippen LogP contribution in [0, 0.1) is 19.3 Å². The maximum atomic E-state index is 12.8. The number of carbonyl (C=O) groups excluding carboxylic acids is 1. The number of fused-ring (bicyclic) bond motifs is 5. The van der Waals surface area contributed by atoms with Crippen LogP contribution < -0.4 is 10.2 Å². The molecule has 3 aromatic heterocycles. The molecule has 0 spiro atoms. The molecule has 4 aliphatic rings. The van der Waals surface area contributed by atoms with E-state index in [4.69, 9.17) is 14.8 Å². The molecule has 0 radical (unpaired) electrons. The lowest BCUT2D eigenvalue weighted by atomic mass is 9.57. The molecule has 9 heteroatoms. The van der Waals surface area contributed by atoms with Crippen LogP contribution in [0.5, 0.6) is 0 Å².